The van der Waals surface area contributed by atoms with Crippen molar-refractivity contribution in [2.45, 2.75) is 32.7 Å². The maximum Gasteiger partial charge on any atom is 0.248 e. The van der Waals surface area contributed by atoms with Crippen molar-refractivity contribution in [3.8, 4) is 11.1 Å². The number of carbonyl (C=O) groups excluding carboxylic acids is 1. The second kappa shape index (κ2) is 10.2. The molecular formula is C28H31ClFN5O. The van der Waals surface area contributed by atoms with Crippen molar-refractivity contribution in [3.05, 3.63) is 87.2 Å². The van der Waals surface area contributed by atoms with Gasteiger partial charge in [-0.25, -0.2) is 4.39 Å². The minimum atomic E-state index is -0.730. The highest BCUT2D eigenvalue weighted by Gasteiger charge is 2.25. The van der Waals surface area contributed by atoms with Crippen molar-refractivity contribution in [1.82, 2.24) is 4.90 Å². The Bertz CT molecular complexity index is 1340. The number of anilines is 1. The number of benzene rings is 3. The Hall–Kier alpha value is -3.55. The van der Waals surface area contributed by atoms with Crippen molar-refractivity contribution >= 4 is 34.6 Å². The highest BCUT2D eigenvalue weighted by atomic mass is 35.5. The molecule has 8 N–H and O–H groups in total. The van der Waals surface area contributed by atoms with Crippen molar-refractivity contribution in [2.75, 3.05) is 18.8 Å². The summed E-state index contributed by atoms with van der Waals surface area (Å²) < 4.78 is 14.4. The van der Waals surface area contributed by atoms with Crippen LogP contribution >= 0.6 is 11.6 Å². The van der Waals surface area contributed by atoms with E-state index in [9.17, 15) is 9.18 Å². The largest absolute Gasteiger partial charge is 0.398 e. The number of nitrogen functional groups attached to an aromatic ring is 1. The summed E-state index contributed by atoms with van der Waals surface area (Å²) in [6.45, 7) is 5.48. The van der Waals surface area contributed by atoms with E-state index >= 15 is 0 Å². The number of nitrogens with two attached hydrogens (primary N) is 4. The molecule has 1 amide bonds. The van der Waals surface area contributed by atoms with Crippen LogP contribution in [0, 0.1) is 19.7 Å². The van der Waals surface area contributed by atoms with Crippen LogP contribution in [0.3, 0.4) is 0 Å². The van der Waals surface area contributed by atoms with Gasteiger partial charge in [-0.05, 0) is 74.7 Å². The Labute approximate surface area is 215 Å². The van der Waals surface area contributed by atoms with Crippen LogP contribution < -0.4 is 22.9 Å². The molecule has 1 saturated heterocycles. The molecule has 1 fully saturated rings. The molecule has 0 aliphatic carbocycles. The van der Waals surface area contributed by atoms with E-state index in [-0.39, 0.29) is 11.6 Å². The smallest absolute Gasteiger partial charge is 0.248 e. The molecule has 0 bridgehead atoms. The molecule has 8 heteroatoms. The summed E-state index contributed by atoms with van der Waals surface area (Å²) in [4.78, 5) is 13.9. The first-order chi connectivity index (χ1) is 17.0. The van der Waals surface area contributed by atoms with Crippen molar-refractivity contribution in [2.24, 2.45) is 17.2 Å². The van der Waals surface area contributed by atoms with E-state index in [1.54, 1.807) is 12.1 Å². The summed E-state index contributed by atoms with van der Waals surface area (Å²) in [7, 11) is 0. The number of hydrogen-bond donors (Lipinski definition) is 4. The number of primary amides is 1. The van der Waals surface area contributed by atoms with Crippen molar-refractivity contribution in [1.29, 1.82) is 0 Å². The molecule has 6 nitrogen and oxygen atoms in total. The summed E-state index contributed by atoms with van der Waals surface area (Å²) in [6, 6.07) is 13.6. The molecule has 36 heavy (non-hydrogen) atoms. The van der Waals surface area contributed by atoms with E-state index in [1.807, 2.05) is 26.0 Å². The third kappa shape index (κ3) is 5.32. The number of carbonyl (C=O) groups is 1. The molecule has 0 saturated carbocycles. The monoisotopic (exact) mass is 507 g/mol. The fourth-order valence-corrected chi connectivity index (χ4v) is 5.06. The van der Waals surface area contributed by atoms with Gasteiger partial charge in [0, 0.05) is 47.1 Å². The number of amides is 1. The zero-order valence-electron chi connectivity index (χ0n) is 20.4. The number of piperidine rings is 1. The molecule has 4 rings (SSSR count). The lowest BCUT2D eigenvalue weighted by molar-refractivity contribution is 0.1000. The minimum Gasteiger partial charge on any atom is -0.398 e. The number of halogens is 2. The zero-order valence-corrected chi connectivity index (χ0v) is 21.2. The van der Waals surface area contributed by atoms with Gasteiger partial charge < -0.3 is 27.8 Å². The van der Waals surface area contributed by atoms with Gasteiger partial charge in [-0.15, -0.1) is 0 Å². The standard InChI is InChI=1S/C28H31ClFN5O/c1-15-7-16(2)9-18(8-15)26(33)27(35-5-3-21(31)4-6-35)23-13-22(24(29)14-25(23)32)17-10-19(28(34)36)12-20(30)11-17/h7-14,21H,3-6,31-33H2,1-2H3,(H2,34,36)/b27-26+. The lowest BCUT2D eigenvalue weighted by atomic mass is 9.94. The molecule has 1 heterocycles. The summed E-state index contributed by atoms with van der Waals surface area (Å²) in [6.07, 6.45) is 1.63. The third-order valence-corrected chi connectivity index (χ3v) is 6.84. The first kappa shape index (κ1) is 25.5. The van der Waals surface area contributed by atoms with Crippen LogP contribution in [0.4, 0.5) is 10.1 Å². The Morgan fingerprint density at radius 1 is 0.944 bits per heavy atom. The van der Waals surface area contributed by atoms with E-state index in [2.05, 4.69) is 11.0 Å². The van der Waals surface area contributed by atoms with Crippen molar-refractivity contribution < 1.29 is 9.18 Å². The van der Waals surface area contributed by atoms with Gasteiger partial charge in [-0.2, -0.15) is 0 Å². The number of likely N-dealkylation sites (tertiary alicyclic amines) is 1. The van der Waals surface area contributed by atoms with Crippen LogP contribution in [-0.4, -0.2) is 29.9 Å². The van der Waals surface area contributed by atoms with Gasteiger partial charge in [0.05, 0.1) is 16.4 Å². The predicted octanol–water partition coefficient (Wildman–Crippen LogP) is 4.65. The lowest BCUT2D eigenvalue weighted by Crippen LogP contribution is -2.39. The van der Waals surface area contributed by atoms with Crippen LogP contribution in [0.25, 0.3) is 22.5 Å². The topological polar surface area (TPSA) is 124 Å². The average Bonchev–Trinajstić information content (AvgIpc) is 2.80. The molecule has 1 aliphatic heterocycles. The van der Waals surface area contributed by atoms with E-state index < -0.39 is 11.7 Å². The predicted molar refractivity (Wildman–Crippen MR) is 145 cm³/mol. The third-order valence-electron chi connectivity index (χ3n) is 6.53. The van der Waals surface area contributed by atoms with Gasteiger partial charge >= 0.3 is 0 Å². The molecule has 1 aliphatic rings. The summed E-state index contributed by atoms with van der Waals surface area (Å²) in [5.41, 5.74) is 31.5. The van der Waals surface area contributed by atoms with Crippen LogP contribution in [0.1, 0.15) is 45.5 Å². The Morgan fingerprint density at radius 3 is 2.19 bits per heavy atom. The van der Waals surface area contributed by atoms with Gasteiger partial charge in [0.25, 0.3) is 0 Å². The number of hydrogen-bond acceptors (Lipinski definition) is 5. The van der Waals surface area contributed by atoms with Gasteiger partial charge in [-0.1, -0.05) is 28.8 Å². The number of rotatable bonds is 5. The first-order valence-corrected chi connectivity index (χ1v) is 12.2. The molecule has 3 aromatic carbocycles. The second-order valence-corrected chi connectivity index (χ2v) is 9.88. The highest BCUT2D eigenvalue weighted by molar-refractivity contribution is 6.33. The van der Waals surface area contributed by atoms with E-state index in [0.29, 0.717) is 46.2 Å². The van der Waals surface area contributed by atoms with E-state index in [0.717, 1.165) is 41.3 Å². The Morgan fingerprint density at radius 2 is 1.58 bits per heavy atom. The van der Waals surface area contributed by atoms with Crippen LogP contribution in [-0.2, 0) is 0 Å². The molecular weight excluding hydrogens is 477 g/mol. The van der Waals surface area contributed by atoms with Gasteiger partial charge in [-0.3, -0.25) is 4.79 Å². The van der Waals surface area contributed by atoms with Crippen LogP contribution in [0.2, 0.25) is 5.02 Å². The molecule has 0 radical (unpaired) electrons. The normalized spacial score (nSPS) is 15.1. The summed E-state index contributed by atoms with van der Waals surface area (Å²) >= 11 is 6.57. The Balaban J connectivity index is 1.95. The number of aryl methyl sites for hydroxylation is 2. The molecule has 188 valence electrons. The first-order valence-electron chi connectivity index (χ1n) is 11.8. The highest BCUT2D eigenvalue weighted by Crippen LogP contribution is 2.39. The van der Waals surface area contributed by atoms with E-state index in [4.69, 9.17) is 34.5 Å². The maximum atomic E-state index is 14.4. The number of nitrogens with zero attached hydrogens (tertiary/aromatic N) is 1. The fraction of sp³-hybridized carbons (Fsp3) is 0.250. The van der Waals surface area contributed by atoms with Gasteiger partial charge in [0.15, 0.2) is 0 Å². The minimum absolute atomic E-state index is 0.0509. The quantitative estimate of drug-likeness (QED) is 0.295. The summed E-state index contributed by atoms with van der Waals surface area (Å²) in [5, 5.41) is 0.322. The molecule has 0 aromatic heterocycles. The van der Waals surface area contributed by atoms with Gasteiger partial charge in [0.2, 0.25) is 5.91 Å². The zero-order chi connectivity index (χ0) is 26.1. The average molecular weight is 508 g/mol. The summed E-state index contributed by atoms with van der Waals surface area (Å²) in [5.74, 6) is -1.32. The van der Waals surface area contributed by atoms with E-state index in [1.165, 1.54) is 12.1 Å². The SMILES string of the molecule is Cc1cc(C)cc(/C(N)=C(/c2cc(-c3cc(F)cc(C(N)=O)c3)c(Cl)cc2N)N2CCC(N)CC2)c1. The Kier molecular flexibility index (Phi) is 7.24. The fourth-order valence-electron chi connectivity index (χ4n) is 4.78. The van der Waals surface area contributed by atoms with Crippen LogP contribution in [0.15, 0.2) is 48.5 Å². The lowest BCUT2D eigenvalue weighted by Gasteiger charge is -2.35. The van der Waals surface area contributed by atoms with Crippen molar-refractivity contribution in [3.63, 3.8) is 0 Å². The second-order valence-electron chi connectivity index (χ2n) is 9.48. The maximum absolute atomic E-state index is 14.4. The molecule has 0 atom stereocenters. The molecule has 0 spiro atoms. The molecule has 0 unspecified atom stereocenters. The molecule has 3 aromatic rings. The van der Waals surface area contributed by atoms with Gasteiger partial charge in [0.1, 0.15) is 5.82 Å². The van der Waals surface area contributed by atoms with Crippen LogP contribution in [0.5, 0.6) is 0 Å².